The number of nitrogens with zero attached hydrogens (tertiary/aromatic N) is 1. The summed E-state index contributed by atoms with van der Waals surface area (Å²) in [5, 5.41) is 9.47. The Kier molecular flexibility index (Phi) is 3.05. The molecule has 0 radical (unpaired) electrons. The van der Waals surface area contributed by atoms with E-state index in [4.69, 9.17) is 4.74 Å². The molecule has 17 heavy (non-hydrogen) atoms. The molecule has 86 valence electrons. The molecule has 0 aliphatic heterocycles. The Bertz CT molecular complexity index is 552. The zero-order chi connectivity index (χ0) is 12.3. The summed E-state index contributed by atoms with van der Waals surface area (Å²) < 4.78 is 5.07. The Labute approximate surface area is 98.5 Å². The number of hydrogen-bond acceptors (Lipinski definition) is 4. The zero-order valence-electron chi connectivity index (χ0n) is 9.25. The number of hydrogen-bond donors (Lipinski definition) is 1. The van der Waals surface area contributed by atoms with Crippen LogP contribution in [-0.2, 0) is 0 Å². The van der Waals surface area contributed by atoms with Crippen LogP contribution in [-0.4, -0.2) is 16.1 Å². The summed E-state index contributed by atoms with van der Waals surface area (Å²) in [4.78, 5) is 15.7. The molecule has 1 aromatic carbocycles. The number of benzene rings is 1. The highest BCUT2D eigenvalue weighted by Crippen LogP contribution is 2.25. The molecule has 2 aromatic rings. The van der Waals surface area contributed by atoms with Crippen molar-refractivity contribution in [1.82, 2.24) is 4.98 Å². The van der Waals surface area contributed by atoms with E-state index in [0.29, 0.717) is 5.56 Å². The van der Waals surface area contributed by atoms with Crippen LogP contribution >= 0.6 is 0 Å². The normalized spacial score (nSPS) is 9.94. The molecule has 2 rings (SSSR count). The predicted molar refractivity (Wildman–Crippen MR) is 62.0 cm³/mol. The van der Waals surface area contributed by atoms with Crippen molar-refractivity contribution in [3.63, 3.8) is 0 Å². The zero-order valence-corrected chi connectivity index (χ0v) is 9.25. The van der Waals surface area contributed by atoms with E-state index < -0.39 is 5.97 Å². The molecule has 1 aromatic heterocycles. The van der Waals surface area contributed by atoms with Gasteiger partial charge >= 0.3 is 5.97 Å². The Morgan fingerprint density at radius 1 is 1.29 bits per heavy atom. The average molecular weight is 229 g/mol. The van der Waals surface area contributed by atoms with Crippen LogP contribution in [0.15, 0.2) is 42.6 Å². The fourth-order valence-electron chi connectivity index (χ4n) is 1.37. The summed E-state index contributed by atoms with van der Waals surface area (Å²) in [5.74, 6) is -0.435. The fourth-order valence-corrected chi connectivity index (χ4v) is 1.37. The van der Waals surface area contributed by atoms with Crippen LogP contribution < -0.4 is 4.74 Å². The van der Waals surface area contributed by atoms with Crippen molar-refractivity contribution in [1.29, 1.82) is 0 Å². The quantitative estimate of drug-likeness (QED) is 0.634. The molecule has 0 bridgehead atoms. The summed E-state index contributed by atoms with van der Waals surface area (Å²) >= 11 is 0. The number of para-hydroxylation sites is 2. The van der Waals surface area contributed by atoms with E-state index in [-0.39, 0.29) is 11.5 Å². The fraction of sp³-hybridized carbons (Fsp3) is 0.0769. The molecule has 0 saturated carbocycles. The topological polar surface area (TPSA) is 59.4 Å². The summed E-state index contributed by atoms with van der Waals surface area (Å²) in [6, 6.07) is 9.52. The van der Waals surface area contributed by atoms with Crippen LogP contribution in [0.25, 0.3) is 0 Å². The van der Waals surface area contributed by atoms with E-state index in [0.717, 1.165) is 5.69 Å². The number of ether oxygens (including phenoxy) is 1. The van der Waals surface area contributed by atoms with Crippen LogP contribution in [0.3, 0.4) is 0 Å². The lowest BCUT2D eigenvalue weighted by molar-refractivity contribution is 0.0729. The summed E-state index contributed by atoms with van der Waals surface area (Å²) in [7, 11) is 0. The Balaban J connectivity index is 2.20. The molecule has 0 atom stereocenters. The minimum atomic E-state index is -0.517. The van der Waals surface area contributed by atoms with Crippen LogP contribution in [0.1, 0.15) is 16.1 Å². The second-order valence-corrected chi connectivity index (χ2v) is 3.54. The molecule has 4 nitrogen and oxygen atoms in total. The van der Waals surface area contributed by atoms with Gasteiger partial charge in [0.2, 0.25) is 0 Å². The van der Waals surface area contributed by atoms with Gasteiger partial charge in [-0.25, -0.2) is 4.79 Å². The van der Waals surface area contributed by atoms with E-state index in [9.17, 15) is 9.90 Å². The predicted octanol–water partition coefficient (Wildman–Crippen LogP) is 2.31. The van der Waals surface area contributed by atoms with E-state index in [1.165, 1.54) is 18.3 Å². The van der Waals surface area contributed by atoms with Gasteiger partial charge in [0.15, 0.2) is 11.5 Å². The van der Waals surface area contributed by atoms with E-state index >= 15 is 0 Å². The van der Waals surface area contributed by atoms with Gasteiger partial charge in [0.25, 0.3) is 0 Å². The Morgan fingerprint density at radius 3 is 2.76 bits per heavy atom. The summed E-state index contributed by atoms with van der Waals surface area (Å²) in [5.41, 5.74) is 1.14. The van der Waals surface area contributed by atoms with E-state index in [1.807, 2.05) is 0 Å². The third-order valence-electron chi connectivity index (χ3n) is 2.20. The van der Waals surface area contributed by atoms with Crippen molar-refractivity contribution in [2.45, 2.75) is 6.92 Å². The first-order chi connectivity index (χ1) is 8.16. The number of phenolic OH excluding ortho intramolecular Hbond substituents is 1. The van der Waals surface area contributed by atoms with Gasteiger partial charge in [0.05, 0.1) is 5.56 Å². The molecule has 0 amide bonds. The molecule has 0 unspecified atom stereocenters. The minimum absolute atomic E-state index is 0.0633. The van der Waals surface area contributed by atoms with E-state index in [1.54, 1.807) is 31.2 Å². The van der Waals surface area contributed by atoms with Crippen LogP contribution in [0.5, 0.6) is 11.5 Å². The average Bonchev–Trinajstić information content (AvgIpc) is 2.32. The number of aryl methyl sites for hydroxylation is 1. The number of aromatic nitrogens is 1. The number of aromatic hydroxyl groups is 1. The monoisotopic (exact) mass is 229 g/mol. The highest BCUT2D eigenvalue weighted by atomic mass is 16.5. The van der Waals surface area contributed by atoms with Crippen molar-refractivity contribution in [3.8, 4) is 11.5 Å². The maximum absolute atomic E-state index is 11.8. The van der Waals surface area contributed by atoms with Gasteiger partial charge in [0, 0.05) is 11.9 Å². The van der Waals surface area contributed by atoms with Crippen LogP contribution in [0, 0.1) is 6.92 Å². The second kappa shape index (κ2) is 4.65. The molecular weight excluding hydrogens is 218 g/mol. The van der Waals surface area contributed by atoms with Gasteiger partial charge in [-0.15, -0.1) is 0 Å². The first-order valence-corrected chi connectivity index (χ1v) is 5.09. The maximum Gasteiger partial charge on any atom is 0.343 e. The van der Waals surface area contributed by atoms with Crippen molar-refractivity contribution in [2.24, 2.45) is 0 Å². The minimum Gasteiger partial charge on any atom is -0.504 e. The van der Waals surface area contributed by atoms with Gasteiger partial charge < -0.3 is 9.84 Å². The van der Waals surface area contributed by atoms with Gasteiger partial charge in [-0.05, 0) is 31.2 Å². The van der Waals surface area contributed by atoms with Crippen molar-refractivity contribution >= 4 is 5.97 Å². The number of phenols is 1. The number of carbonyl (C=O) groups is 1. The first-order valence-electron chi connectivity index (χ1n) is 5.09. The first kappa shape index (κ1) is 11.1. The van der Waals surface area contributed by atoms with Crippen LogP contribution in [0.2, 0.25) is 0 Å². The third kappa shape index (κ3) is 2.60. The van der Waals surface area contributed by atoms with Gasteiger partial charge in [-0.1, -0.05) is 12.1 Å². The molecule has 1 heterocycles. The molecule has 0 aliphatic carbocycles. The van der Waals surface area contributed by atoms with Crippen molar-refractivity contribution in [3.05, 3.63) is 53.9 Å². The number of rotatable bonds is 2. The molecule has 0 saturated heterocycles. The van der Waals surface area contributed by atoms with Crippen molar-refractivity contribution in [2.75, 3.05) is 0 Å². The lowest BCUT2D eigenvalue weighted by Crippen LogP contribution is -2.09. The lowest BCUT2D eigenvalue weighted by Gasteiger charge is -2.05. The second-order valence-electron chi connectivity index (χ2n) is 3.54. The largest absolute Gasteiger partial charge is 0.504 e. The summed E-state index contributed by atoms with van der Waals surface area (Å²) in [6.45, 7) is 1.79. The van der Waals surface area contributed by atoms with Gasteiger partial charge in [0.1, 0.15) is 0 Å². The standard InChI is InChI=1S/C13H11NO3/c1-9-8-10(6-7-14-9)13(16)17-12-5-3-2-4-11(12)15/h2-8,15H,1H3. The van der Waals surface area contributed by atoms with Crippen LogP contribution in [0.4, 0.5) is 0 Å². The number of esters is 1. The molecule has 0 spiro atoms. The van der Waals surface area contributed by atoms with Gasteiger partial charge in [-0.3, -0.25) is 4.98 Å². The molecule has 0 aliphatic rings. The number of pyridine rings is 1. The molecular formula is C13H11NO3. The third-order valence-corrected chi connectivity index (χ3v) is 2.20. The SMILES string of the molecule is Cc1cc(C(=O)Oc2ccccc2O)ccn1. The lowest BCUT2D eigenvalue weighted by atomic mass is 10.2. The van der Waals surface area contributed by atoms with Gasteiger partial charge in [-0.2, -0.15) is 0 Å². The van der Waals surface area contributed by atoms with Crippen molar-refractivity contribution < 1.29 is 14.6 Å². The Morgan fingerprint density at radius 2 is 2.06 bits per heavy atom. The molecule has 1 N–H and O–H groups in total. The highest BCUT2D eigenvalue weighted by Gasteiger charge is 2.11. The summed E-state index contributed by atoms with van der Waals surface area (Å²) in [6.07, 6.45) is 1.54. The Hall–Kier alpha value is -2.36. The number of carbonyl (C=O) groups excluding carboxylic acids is 1. The maximum atomic E-state index is 11.8. The molecule has 4 heteroatoms. The smallest absolute Gasteiger partial charge is 0.343 e. The highest BCUT2D eigenvalue weighted by molar-refractivity contribution is 5.91. The molecule has 0 fully saturated rings. The van der Waals surface area contributed by atoms with E-state index in [2.05, 4.69) is 4.98 Å².